The number of benzene rings is 2. The van der Waals surface area contributed by atoms with E-state index < -0.39 is 29.2 Å². The molecule has 29 heavy (non-hydrogen) atoms. The van der Waals surface area contributed by atoms with Crippen molar-refractivity contribution in [2.24, 2.45) is 5.92 Å². The lowest BCUT2D eigenvalue weighted by Gasteiger charge is -2.33. The summed E-state index contributed by atoms with van der Waals surface area (Å²) in [5, 5.41) is 0. The zero-order valence-electron chi connectivity index (χ0n) is 15.8. The first-order chi connectivity index (χ1) is 13.8. The summed E-state index contributed by atoms with van der Waals surface area (Å²) in [7, 11) is 1.54. The van der Waals surface area contributed by atoms with Crippen LogP contribution in [0.1, 0.15) is 28.8 Å². The maximum Gasteiger partial charge on any atom is 0.256 e. The van der Waals surface area contributed by atoms with Crippen LogP contribution in [0.5, 0.6) is 0 Å². The van der Waals surface area contributed by atoms with E-state index in [1.807, 2.05) is 0 Å². The van der Waals surface area contributed by atoms with Crippen LogP contribution in [0.3, 0.4) is 0 Å². The largest absolute Gasteiger partial charge is 0.341 e. The molecule has 1 aliphatic heterocycles. The Balaban J connectivity index is 1.58. The molecule has 1 fully saturated rings. The summed E-state index contributed by atoms with van der Waals surface area (Å²) < 4.78 is 53.7. The minimum Gasteiger partial charge on any atom is -0.341 e. The molecular weight excluding hydrogens is 388 g/mol. The van der Waals surface area contributed by atoms with E-state index in [-0.39, 0.29) is 42.6 Å². The first-order valence-electron chi connectivity index (χ1n) is 9.19. The fourth-order valence-electron chi connectivity index (χ4n) is 3.46. The first-order valence-corrected chi connectivity index (χ1v) is 9.19. The molecule has 2 aromatic rings. The predicted octanol–water partition coefficient (Wildman–Crippen LogP) is 3.75. The van der Waals surface area contributed by atoms with Gasteiger partial charge < -0.3 is 9.80 Å². The first kappa shape index (κ1) is 20.8. The van der Waals surface area contributed by atoms with Gasteiger partial charge in [0, 0.05) is 50.3 Å². The molecule has 0 atom stereocenters. The number of piperidine rings is 1. The lowest BCUT2D eigenvalue weighted by Crippen LogP contribution is -2.43. The Morgan fingerprint density at radius 1 is 0.966 bits per heavy atom. The highest BCUT2D eigenvalue weighted by atomic mass is 19.1. The molecule has 0 radical (unpaired) electrons. The summed E-state index contributed by atoms with van der Waals surface area (Å²) in [6.07, 6.45) is 0.757. The van der Waals surface area contributed by atoms with E-state index in [4.69, 9.17) is 0 Å². The van der Waals surface area contributed by atoms with E-state index in [2.05, 4.69) is 0 Å². The zero-order chi connectivity index (χ0) is 21.1. The summed E-state index contributed by atoms with van der Waals surface area (Å²) in [6.45, 7) is 0.514. The Morgan fingerprint density at radius 2 is 1.55 bits per heavy atom. The van der Waals surface area contributed by atoms with Crippen LogP contribution >= 0.6 is 0 Å². The number of rotatable bonds is 4. The Labute approximate surface area is 165 Å². The van der Waals surface area contributed by atoms with Crippen LogP contribution in [-0.4, -0.2) is 41.8 Å². The van der Waals surface area contributed by atoms with Gasteiger partial charge in [0.05, 0.1) is 5.56 Å². The summed E-state index contributed by atoms with van der Waals surface area (Å²) in [6, 6.07) is 5.99. The summed E-state index contributed by atoms with van der Waals surface area (Å²) in [5.41, 5.74) is 0.00160. The van der Waals surface area contributed by atoms with Gasteiger partial charge in [-0.2, -0.15) is 0 Å². The third-order valence-corrected chi connectivity index (χ3v) is 5.09. The Morgan fingerprint density at radius 3 is 2.14 bits per heavy atom. The van der Waals surface area contributed by atoms with Gasteiger partial charge in [-0.05, 0) is 31.0 Å². The summed E-state index contributed by atoms with van der Waals surface area (Å²) in [4.78, 5) is 27.9. The second-order valence-corrected chi connectivity index (χ2v) is 7.12. The average molecular weight is 408 g/mol. The van der Waals surface area contributed by atoms with E-state index in [1.165, 1.54) is 22.9 Å². The van der Waals surface area contributed by atoms with Crippen molar-refractivity contribution in [3.63, 3.8) is 0 Å². The lowest BCUT2D eigenvalue weighted by molar-refractivity contribution is -0.136. The number of halogens is 4. The molecule has 1 aliphatic rings. The molecule has 154 valence electrons. The predicted molar refractivity (Wildman–Crippen MR) is 97.8 cm³/mol. The van der Waals surface area contributed by atoms with Crippen molar-refractivity contribution < 1.29 is 27.2 Å². The number of carbonyl (C=O) groups excluding carboxylic acids is 2. The normalized spacial score (nSPS) is 14.7. The minimum absolute atomic E-state index is 0.00484. The molecule has 2 amide bonds. The summed E-state index contributed by atoms with van der Waals surface area (Å²) >= 11 is 0. The number of hydrogen-bond acceptors (Lipinski definition) is 2. The minimum atomic E-state index is -0.922. The standard InChI is InChI=1S/C21H20F4N2O2/c1-26(12-14-2-3-15(22)10-18(14)24)20(28)13-6-8-27(9-7-13)21(29)17-5-4-16(23)11-19(17)25/h2-5,10-11,13H,6-9,12H2,1H3. The van der Waals surface area contributed by atoms with E-state index in [0.29, 0.717) is 18.9 Å². The van der Waals surface area contributed by atoms with Crippen molar-refractivity contribution in [3.8, 4) is 0 Å². The maximum atomic E-state index is 13.8. The van der Waals surface area contributed by atoms with Crippen LogP contribution in [0.4, 0.5) is 17.6 Å². The van der Waals surface area contributed by atoms with Crippen molar-refractivity contribution >= 4 is 11.8 Å². The molecule has 0 N–H and O–H groups in total. The molecule has 0 spiro atoms. The molecule has 3 rings (SSSR count). The van der Waals surface area contributed by atoms with Crippen LogP contribution < -0.4 is 0 Å². The van der Waals surface area contributed by atoms with Crippen LogP contribution in [0.2, 0.25) is 0 Å². The van der Waals surface area contributed by atoms with Gasteiger partial charge in [-0.1, -0.05) is 6.07 Å². The van der Waals surface area contributed by atoms with Gasteiger partial charge in [-0.25, -0.2) is 17.6 Å². The number of hydrogen-bond donors (Lipinski definition) is 0. The van der Waals surface area contributed by atoms with Crippen molar-refractivity contribution in [2.45, 2.75) is 19.4 Å². The van der Waals surface area contributed by atoms with Crippen molar-refractivity contribution in [1.82, 2.24) is 9.80 Å². The Kier molecular flexibility index (Phi) is 6.20. The monoisotopic (exact) mass is 408 g/mol. The molecule has 2 aromatic carbocycles. The van der Waals surface area contributed by atoms with Crippen molar-refractivity contribution in [2.75, 3.05) is 20.1 Å². The fraction of sp³-hybridized carbons (Fsp3) is 0.333. The van der Waals surface area contributed by atoms with E-state index in [9.17, 15) is 27.2 Å². The molecule has 1 heterocycles. The molecule has 0 aliphatic carbocycles. The molecule has 0 unspecified atom stereocenters. The number of amides is 2. The van der Waals surface area contributed by atoms with E-state index in [0.717, 1.165) is 24.3 Å². The molecule has 0 saturated carbocycles. The highest BCUT2D eigenvalue weighted by molar-refractivity contribution is 5.94. The smallest absolute Gasteiger partial charge is 0.256 e. The number of carbonyl (C=O) groups is 2. The third-order valence-electron chi connectivity index (χ3n) is 5.09. The van der Waals surface area contributed by atoms with Crippen molar-refractivity contribution in [1.29, 1.82) is 0 Å². The van der Waals surface area contributed by atoms with Crippen LogP contribution in [0.15, 0.2) is 36.4 Å². The van der Waals surface area contributed by atoms with Gasteiger partial charge in [-0.15, -0.1) is 0 Å². The zero-order valence-corrected chi connectivity index (χ0v) is 15.8. The van der Waals surface area contributed by atoms with Gasteiger partial charge in [0.15, 0.2) is 0 Å². The average Bonchev–Trinajstić information content (AvgIpc) is 2.69. The molecule has 4 nitrogen and oxygen atoms in total. The second kappa shape index (κ2) is 8.63. The van der Waals surface area contributed by atoms with E-state index >= 15 is 0 Å². The molecule has 1 saturated heterocycles. The quantitative estimate of drug-likeness (QED) is 0.723. The van der Waals surface area contributed by atoms with Crippen molar-refractivity contribution in [3.05, 3.63) is 70.8 Å². The highest BCUT2D eigenvalue weighted by Gasteiger charge is 2.30. The lowest BCUT2D eigenvalue weighted by atomic mass is 9.94. The molecule has 0 aromatic heterocycles. The highest BCUT2D eigenvalue weighted by Crippen LogP contribution is 2.23. The topological polar surface area (TPSA) is 40.6 Å². The van der Waals surface area contributed by atoms with Crippen LogP contribution in [-0.2, 0) is 11.3 Å². The third kappa shape index (κ3) is 4.75. The van der Waals surface area contributed by atoms with Gasteiger partial charge in [-0.3, -0.25) is 9.59 Å². The van der Waals surface area contributed by atoms with Gasteiger partial charge in [0.2, 0.25) is 5.91 Å². The van der Waals surface area contributed by atoms with E-state index in [1.54, 1.807) is 0 Å². The SMILES string of the molecule is CN(Cc1ccc(F)cc1F)C(=O)C1CCN(C(=O)c2ccc(F)cc2F)CC1. The Hall–Kier alpha value is -2.90. The second-order valence-electron chi connectivity index (χ2n) is 7.12. The number of nitrogens with zero attached hydrogens (tertiary/aromatic N) is 2. The molecule has 8 heteroatoms. The Bertz CT molecular complexity index is 927. The summed E-state index contributed by atoms with van der Waals surface area (Å²) in [5.74, 6) is -4.19. The van der Waals surface area contributed by atoms with Gasteiger partial charge >= 0.3 is 0 Å². The van der Waals surface area contributed by atoms with Gasteiger partial charge in [0.1, 0.15) is 23.3 Å². The fourth-order valence-corrected chi connectivity index (χ4v) is 3.46. The molecular formula is C21H20F4N2O2. The van der Waals surface area contributed by atoms with Crippen LogP contribution in [0.25, 0.3) is 0 Å². The number of likely N-dealkylation sites (tertiary alicyclic amines) is 1. The van der Waals surface area contributed by atoms with Gasteiger partial charge in [0.25, 0.3) is 5.91 Å². The molecule has 0 bridgehead atoms. The maximum absolute atomic E-state index is 13.8. The van der Waals surface area contributed by atoms with Crippen LogP contribution in [0, 0.1) is 29.2 Å².